The zero-order valence-corrected chi connectivity index (χ0v) is 9.11. The Hall–Kier alpha value is -1.39. The first-order valence-corrected chi connectivity index (χ1v) is 5.76. The molecule has 0 radical (unpaired) electrons. The Morgan fingerprint density at radius 3 is 2.94 bits per heavy atom. The Morgan fingerprint density at radius 1 is 1.44 bits per heavy atom. The highest BCUT2D eigenvalue weighted by Crippen LogP contribution is 2.24. The van der Waals surface area contributed by atoms with Gasteiger partial charge in [0.1, 0.15) is 5.71 Å². The Bertz CT molecular complexity index is 338. The number of rotatable bonds is 3. The van der Waals surface area contributed by atoms with Gasteiger partial charge in [-0.2, -0.15) is 0 Å². The predicted molar refractivity (Wildman–Crippen MR) is 58.5 cm³/mol. The first-order valence-electron chi connectivity index (χ1n) is 5.76. The smallest absolute Gasteiger partial charge is 0.303 e. The molecule has 16 heavy (non-hydrogen) atoms. The van der Waals surface area contributed by atoms with E-state index in [4.69, 9.17) is 5.11 Å². The van der Waals surface area contributed by atoms with Gasteiger partial charge in [-0.1, -0.05) is 12.8 Å². The van der Waals surface area contributed by atoms with Crippen molar-refractivity contribution >= 4 is 17.6 Å². The van der Waals surface area contributed by atoms with Crippen LogP contribution in [0.4, 0.5) is 0 Å². The van der Waals surface area contributed by atoms with Gasteiger partial charge in [-0.05, 0) is 12.8 Å². The van der Waals surface area contributed by atoms with Gasteiger partial charge in [0, 0.05) is 6.42 Å². The summed E-state index contributed by atoms with van der Waals surface area (Å²) in [6.07, 6.45) is 4.50. The van der Waals surface area contributed by atoms with Gasteiger partial charge in [0.05, 0.1) is 18.5 Å². The van der Waals surface area contributed by atoms with E-state index in [0.29, 0.717) is 5.71 Å². The lowest BCUT2D eigenvalue weighted by Crippen LogP contribution is -2.51. The fourth-order valence-corrected chi connectivity index (χ4v) is 2.35. The Morgan fingerprint density at radius 2 is 2.19 bits per heavy atom. The predicted octanol–water partition coefficient (Wildman–Crippen LogP) is 0.733. The quantitative estimate of drug-likeness (QED) is 0.741. The number of carbonyl (C=O) groups is 2. The summed E-state index contributed by atoms with van der Waals surface area (Å²) in [5.41, 5.74) is 0.408. The molecule has 1 aliphatic carbocycles. The molecule has 0 aromatic heterocycles. The molecule has 1 fully saturated rings. The fraction of sp³-hybridized carbons (Fsp3) is 0.727. The van der Waals surface area contributed by atoms with E-state index >= 15 is 0 Å². The highest BCUT2D eigenvalue weighted by atomic mass is 16.4. The van der Waals surface area contributed by atoms with Crippen LogP contribution in [0.1, 0.15) is 38.5 Å². The summed E-state index contributed by atoms with van der Waals surface area (Å²) in [5, 5.41) is 11.5. The number of carboxylic acid groups (broad SMARTS) is 1. The van der Waals surface area contributed by atoms with Crippen molar-refractivity contribution in [1.82, 2.24) is 5.32 Å². The number of amides is 1. The third-order valence-corrected chi connectivity index (χ3v) is 3.21. The van der Waals surface area contributed by atoms with E-state index < -0.39 is 5.97 Å². The van der Waals surface area contributed by atoms with Gasteiger partial charge < -0.3 is 10.4 Å². The van der Waals surface area contributed by atoms with Crippen molar-refractivity contribution < 1.29 is 14.7 Å². The molecule has 88 valence electrons. The Labute approximate surface area is 93.9 Å². The first kappa shape index (κ1) is 11.1. The lowest BCUT2D eigenvalue weighted by molar-refractivity contribution is -0.136. The van der Waals surface area contributed by atoms with Crippen LogP contribution in [0.25, 0.3) is 0 Å². The molecule has 0 saturated heterocycles. The zero-order chi connectivity index (χ0) is 11.5. The van der Waals surface area contributed by atoms with Gasteiger partial charge >= 0.3 is 5.97 Å². The van der Waals surface area contributed by atoms with Gasteiger partial charge in [0.2, 0.25) is 0 Å². The van der Waals surface area contributed by atoms with Crippen LogP contribution in [-0.4, -0.2) is 34.8 Å². The highest BCUT2D eigenvalue weighted by molar-refractivity contribution is 6.39. The molecule has 2 unspecified atom stereocenters. The van der Waals surface area contributed by atoms with Crippen molar-refractivity contribution in [2.75, 3.05) is 0 Å². The monoisotopic (exact) mass is 224 g/mol. The van der Waals surface area contributed by atoms with E-state index in [1.807, 2.05) is 0 Å². The Kier molecular flexibility index (Phi) is 3.22. The van der Waals surface area contributed by atoms with Crippen LogP contribution in [-0.2, 0) is 9.59 Å². The summed E-state index contributed by atoms with van der Waals surface area (Å²) in [7, 11) is 0. The van der Waals surface area contributed by atoms with Crippen LogP contribution in [0, 0.1) is 0 Å². The maximum atomic E-state index is 11.6. The summed E-state index contributed by atoms with van der Waals surface area (Å²) in [4.78, 5) is 26.5. The molecule has 0 aromatic rings. The van der Waals surface area contributed by atoms with Crippen molar-refractivity contribution in [2.45, 2.75) is 50.6 Å². The second-order valence-electron chi connectivity index (χ2n) is 4.40. The molecular formula is C11H16N2O3. The van der Waals surface area contributed by atoms with E-state index in [-0.39, 0.29) is 30.8 Å². The molecule has 2 atom stereocenters. The molecule has 2 N–H and O–H groups in total. The van der Waals surface area contributed by atoms with Crippen molar-refractivity contribution in [3.05, 3.63) is 0 Å². The van der Waals surface area contributed by atoms with Crippen molar-refractivity contribution in [2.24, 2.45) is 4.99 Å². The van der Waals surface area contributed by atoms with Crippen molar-refractivity contribution in [3.8, 4) is 0 Å². The average Bonchev–Trinajstić information content (AvgIpc) is 2.26. The Balaban J connectivity index is 2.03. The molecular weight excluding hydrogens is 208 g/mol. The molecule has 1 saturated carbocycles. The van der Waals surface area contributed by atoms with Gasteiger partial charge in [0.15, 0.2) is 0 Å². The van der Waals surface area contributed by atoms with Gasteiger partial charge in [-0.15, -0.1) is 0 Å². The molecule has 1 amide bonds. The normalized spacial score (nSPS) is 29.0. The number of aliphatic imine (C=N–C) groups is 1. The van der Waals surface area contributed by atoms with Gasteiger partial charge in [0.25, 0.3) is 5.91 Å². The lowest BCUT2D eigenvalue weighted by atomic mass is 9.89. The minimum absolute atomic E-state index is 0.0242. The molecule has 5 heteroatoms. The number of hydrogen-bond donors (Lipinski definition) is 2. The maximum Gasteiger partial charge on any atom is 0.303 e. The number of nitrogens with one attached hydrogen (secondary N) is 1. The molecule has 0 bridgehead atoms. The zero-order valence-electron chi connectivity index (χ0n) is 9.11. The topological polar surface area (TPSA) is 78.8 Å². The summed E-state index contributed by atoms with van der Waals surface area (Å²) < 4.78 is 0. The van der Waals surface area contributed by atoms with E-state index in [2.05, 4.69) is 10.3 Å². The number of aliphatic carboxylic acids is 1. The third kappa shape index (κ3) is 2.40. The molecule has 5 nitrogen and oxygen atoms in total. The molecule has 1 heterocycles. The fourth-order valence-electron chi connectivity index (χ4n) is 2.35. The van der Waals surface area contributed by atoms with Crippen molar-refractivity contribution in [3.63, 3.8) is 0 Å². The molecule has 1 aliphatic heterocycles. The molecule has 0 aromatic carbocycles. The molecule has 2 rings (SSSR count). The maximum absolute atomic E-state index is 11.6. The largest absolute Gasteiger partial charge is 0.481 e. The van der Waals surface area contributed by atoms with Gasteiger partial charge in [-0.3, -0.25) is 14.6 Å². The minimum atomic E-state index is -0.888. The first-order chi connectivity index (χ1) is 7.66. The van der Waals surface area contributed by atoms with Crippen LogP contribution >= 0.6 is 0 Å². The number of fused-ring (bicyclic) bond motifs is 1. The number of hydrogen-bond acceptors (Lipinski definition) is 3. The summed E-state index contributed by atoms with van der Waals surface area (Å²) in [5.74, 6) is -1.06. The summed E-state index contributed by atoms with van der Waals surface area (Å²) >= 11 is 0. The lowest BCUT2D eigenvalue weighted by Gasteiger charge is -2.33. The molecule has 2 aliphatic rings. The second-order valence-corrected chi connectivity index (χ2v) is 4.40. The van der Waals surface area contributed by atoms with Crippen LogP contribution in [0.3, 0.4) is 0 Å². The molecule has 0 spiro atoms. The van der Waals surface area contributed by atoms with Crippen LogP contribution in [0.2, 0.25) is 0 Å². The van der Waals surface area contributed by atoms with E-state index in [1.54, 1.807) is 0 Å². The van der Waals surface area contributed by atoms with E-state index in [1.165, 1.54) is 0 Å². The average molecular weight is 224 g/mol. The van der Waals surface area contributed by atoms with Crippen molar-refractivity contribution in [1.29, 1.82) is 0 Å². The summed E-state index contributed by atoms with van der Waals surface area (Å²) in [6, 6.07) is 0.352. The van der Waals surface area contributed by atoms with Crippen LogP contribution in [0.15, 0.2) is 4.99 Å². The standard InChI is InChI=1S/C11H16N2O3/c14-10(15)6-5-9-11(16)13-8-4-2-1-3-7(8)12-9/h7-8H,1-6H2,(H,13,16)(H,14,15). The van der Waals surface area contributed by atoms with Crippen LogP contribution in [0.5, 0.6) is 0 Å². The number of carbonyl (C=O) groups excluding carboxylic acids is 1. The van der Waals surface area contributed by atoms with Gasteiger partial charge in [-0.25, -0.2) is 0 Å². The minimum Gasteiger partial charge on any atom is -0.481 e. The highest BCUT2D eigenvalue weighted by Gasteiger charge is 2.32. The number of nitrogens with zero attached hydrogens (tertiary/aromatic N) is 1. The SMILES string of the molecule is O=C(O)CCC1=NC2CCCCC2NC1=O. The third-order valence-electron chi connectivity index (χ3n) is 3.21. The second kappa shape index (κ2) is 4.63. The summed E-state index contributed by atoms with van der Waals surface area (Å²) in [6.45, 7) is 0. The van der Waals surface area contributed by atoms with E-state index in [0.717, 1.165) is 25.7 Å². The van der Waals surface area contributed by atoms with E-state index in [9.17, 15) is 9.59 Å². The number of carboxylic acids is 1. The van der Waals surface area contributed by atoms with Crippen LogP contribution < -0.4 is 5.32 Å².